The van der Waals surface area contributed by atoms with E-state index in [-0.39, 0.29) is 5.79 Å². The molecule has 1 aromatic rings. The van der Waals surface area contributed by atoms with Crippen LogP contribution in [-0.2, 0) is 9.47 Å². The minimum atomic E-state index is -0.282. The molecule has 1 saturated heterocycles. The first-order valence-corrected chi connectivity index (χ1v) is 7.35. The van der Waals surface area contributed by atoms with Crippen molar-refractivity contribution in [3.8, 4) is 0 Å². The first-order valence-electron chi connectivity index (χ1n) is 6.97. The number of aryl methyl sites for hydroxylation is 1. The van der Waals surface area contributed by atoms with E-state index in [0.29, 0.717) is 6.04 Å². The van der Waals surface area contributed by atoms with E-state index in [9.17, 15) is 0 Å². The molecule has 2 fully saturated rings. The van der Waals surface area contributed by atoms with Crippen molar-refractivity contribution in [1.29, 1.82) is 0 Å². The Kier molecular flexibility index (Phi) is 3.70. The van der Waals surface area contributed by atoms with Gasteiger partial charge in [0.25, 0.3) is 0 Å². The number of benzene rings is 1. The van der Waals surface area contributed by atoms with Gasteiger partial charge in [-0.25, -0.2) is 0 Å². The highest BCUT2D eigenvalue weighted by atomic mass is 35.5. The van der Waals surface area contributed by atoms with Crippen LogP contribution in [0.4, 0.5) is 5.69 Å². The topological polar surface area (TPSA) is 30.5 Å². The van der Waals surface area contributed by atoms with Gasteiger partial charge in [-0.3, -0.25) is 0 Å². The zero-order valence-electron chi connectivity index (χ0n) is 11.2. The van der Waals surface area contributed by atoms with Crippen LogP contribution in [0.3, 0.4) is 0 Å². The molecular weight excluding hydrogens is 262 g/mol. The summed E-state index contributed by atoms with van der Waals surface area (Å²) in [6, 6.07) is 6.60. The number of ether oxygens (including phenoxy) is 2. The summed E-state index contributed by atoms with van der Waals surface area (Å²) in [4.78, 5) is 0. The lowest BCUT2D eigenvalue weighted by Gasteiger charge is -2.36. The number of hydrogen-bond donors (Lipinski definition) is 1. The first-order chi connectivity index (χ1) is 9.17. The average Bonchev–Trinajstić information content (AvgIpc) is 2.84. The Morgan fingerprint density at radius 2 is 1.89 bits per heavy atom. The van der Waals surface area contributed by atoms with Crippen LogP contribution in [0, 0.1) is 6.92 Å². The van der Waals surface area contributed by atoms with Gasteiger partial charge in [-0.2, -0.15) is 0 Å². The van der Waals surface area contributed by atoms with E-state index in [2.05, 4.69) is 24.4 Å². The van der Waals surface area contributed by atoms with Crippen LogP contribution in [0.15, 0.2) is 18.2 Å². The lowest BCUT2D eigenvalue weighted by atomic mass is 9.90. The fourth-order valence-corrected chi connectivity index (χ4v) is 3.23. The number of halogens is 1. The van der Waals surface area contributed by atoms with E-state index in [1.807, 2.05) is 6.07 Å². The highest BCUT2D eigenvalue weighted by Gasteiger charge is 2.40. The first kappa shape index (κ1) is 13.2. The van der Waals surface area contributed by atoms with Crippen LogP contribution in [0.1, 0.15) is 31.2 Å². The van der Waals surface area contributed by atoms with Crippen LogP contribution in [0.5, 0.6) is 0 Å². The van der Waals surface area contributed by atoms with Gasteiger partial charge < -0.3 is 14.8 Å². The van der Waals surface area contributed by atoms with E-state index in [1.165, 1.54) is 5.56 Å². The molecule has 0 amide bonds. The molecule has 1 spiro atoms. The molecule has 3 nitrogen and oxygen atoms in total. The highest BCUT2D eigenvalue weighted by molar-refractivity contribution is 6.33. The van der Waals surface area contributed by atoms with Gasteiger partial charge in [-0.05, 0) is 37.5 Å². The summed E-state index contributed by atoms with van der Waals surface area (Å²) in [5, 5.41) is 4.34. The average molecular weight is 282 g/mol. The maximum Gasteiger partial charge on any atom is 0.168 e. The van der Waals surface area contributed by atoms with Crippen LogP contribution in [-0.4, -0.2) is 25.0 Å². The highest BCUT2D eigenvalue weighted by Crippen LogP contribution is 2.37. The molecule has 0 radical (unpaired) electrons. The fourth-order valence-electron chi connectivity index (χ4n) is 2.94. The molecule has 2 aliphatic rings. The third-order valence-corrected chi connectivity index (χ3v) is 4.36. The number of nitrogens with one attached hydrogen (secondary N) is 1. The Labute approximate surface area is 119 Å². The molecule has 1 saturated carbocycles. The van der Waals surface area contributed by atoms with E-state index in [1.54, 1.807) is 0 Å². The summed E-state index contributed by atoms with van der Waals surface area (Å²) in [6.07, 6.45) is 4.05. The van der Waals surface area contributed by atoms with Gasteiger partial charge in [0.1, 0.15) is 0 Å². The lowest BCUT2D eigenvalue weighted by Crippen LogP contribution is -2.39. The Morgan fingerprint density at radius 1 is 1.21 bits per heavy atom. The SMILES string of the molecule is Cc1ccc(NC2CCC3(CC2)OCCO3)c(Cl)c1. The molecule has 0 unspecified atom stereocenters. The third-order valence-electron chi connectivity index (χ3n) is 4.05. The predicted octanol–water partition coefficient (Wildman–Crippen LogP) is 3.75. The van der Waals surface area contributed by atoms with Gasteiger partial charge in [0.05, 0.1) is 23.9 Å². The summed E-state index contributed by atoms with van der Waals surface area (Å²) in [5.41, 5.74) is 2.22. The molecule has 4 heteroatoms. The minimum Gasteiger partial charge on any atom is -0.381 e. The predicted molar refractivity (Wildman–Crippen MR) is 76.7 cm³/mol. The smallest absolute Gasteiger partial charge is 0.168 e. The van der Waals surface area contributed by atoms with Crippen molar-refractivity contribution in [2.24, 2.45) is 0 Å². The second kappa shape index (κ2) is 5.31. The monoisotopic (exact) mass is 281 g/mol. The zero-order chi connectivity index (χ0) is 13.3. The van der Waals surface area contributed by atoms with Crippen LogP contribution >= 0.6 is 11.6 Å². The van der Waals surface area contributed by atoms with Crippen molar-refractivity contribution in [2.75, 3.05) is 18.5 Å². The number of hydrogen-bond acceptors (Lipinski definition) is 3. The Morgan fingerprint density at radius 3 is 2.53 bits per heavy atom. The number of anilines is 1. The van der Waals surface area contributed by atoms with Gasteiger partial charge in [-0.15, -0.1) is 0 Å². The summed E-state index contributed by atoms with van der Waals surface area (Å²) >= 11 is 6.26. The second-order valence-corrected chi connectivity index (χ2v) is 5.92. The van der Waals surface area contributed by atoms with Crippen LogP contribution < -0.4 is 5.32 Å². The minimum absolute atomic E-state index is 0.282. The maximum atomic E-state index is 6.26. The molecule has 0 aromatic heterocycles. The quantitative estimate of drug-likeness (QED) is 0.896. The Hall–Kier alpha value is -0.770. The molecule has 0 atom stereocenters. The molecule has 1 aliphatic carbocycles. The zero-order valence-corrected chi connectivity index (χ0v) is 12.0. The molecule has 3 rings (SSSR count). The molecular formula is C15H20ClNO2. The van der Waals surface area contributed by atoms with E-state index in [4.69, 9.17) is 21.1 Å². The third kappa shape index (κ3) is 2.88. The fraction of sp³-hybridized carbons (Fsp3) is 0.600. The normalized spacial score (nSPS) is 22.8. The van der Waals surface area contributed by atoms with Crippen molar-refractivity contribution in [1.82, 2.24) is 0 Å². The molecule has 1 N–H and O–H groups in total. The van der Waals surface area contributed by atoms with Crippen molar-refractivity contribution >= 4 is 17.3 Å². The molecule has 1 aromatic carbocycles. The molecule has 104 valence electrons. The Bertz CT molecular complexity index is 447. The van der Waals surface area contributed by atoms with Crippen molar-refractivity contribution < 1.29 is 9.47 Å². The van der Waals surface area contributed by atoms with Gasteiger partial charge in [0, 0.05) is 18.9 Å². The maximum absolute atomic E-state index is 6.26. The van der Waals surface area contributed by atoms with E-state index < -0.39 is 0 Å². The largest absolute Gasteiger partial charge is 0.381 e. The van der Waals surface area contributed by atoms with Gasteiger partial charge in [-0.1, -0.05) is 17.7 Å². The van der Waals surface area contributed by atoms with Crippen LogP contribution in [0.25, 0.3) is 0 Å². The molecule has 19 heavy (non-hydrogen) atoms. The summed E-state index contributed by atoms with van der Waals surface area (Å²) in [7, 11) is 0. The molecule has 1 aliphatic heterocycles. The van der Waals surface area contributed by atoms with Gasteiger partial charge in [0.2, 0.25) is 0 Å². The van der Waals surface area contributed by atoms with Crippen molar-refractivity contribution in [3.63, 3.8) is 0 Å². The Balaban J connectivity index is 1.60. The van der Waals surface area contributed by atoms with E-state index >= 15 is 0 Å². The van der Waals surface area contributed by atoms with Crippen molar-refractivity contribution in [3.05, 3.63) is 28.8 Å². The second-order valence-electron chi connectivity index (χ2n) is 5.51. The van der Waals surface area contributed by atoms with Gasteiger partial charge in [0.15, 0.2) is 5.79 Å². The van der Waals surface area contributed by atoms with Crippen molar-refractivity contribution in [2.45, 2.75) is 44.4 Å². The lowest BCUT2D eigenvalue weighted by molar-refractivity contribution is -0.177. The number of rotatable bonds is 2. The molecule has 0 bridgehead atoms. The standard InChI is InChI=1S/C15H20ClNO2/c1-11-2-3-14(13(16)10-11)17-12-4-6-15(7-5-12)18-8-9-19-15/h2-3,10,12,17H,4-9H2,1H3. The van der Waals surface area contributed by atoms with Gasteiger partial charge >= 0.3 is 0 Å². The van der Waals surface area contributed by atoms with E-state index in [0.717, 1.165) is 49.6 Å². The summed E-state index contributed by atoms with van der Waals surface area (Å²) in [5.74, 6) is -0.282. The van der Waals surface area contributed by atoms with Crippen LogP contribution in [0.2, 0.25) is 5.02 Å². The molecule has 1 heterocycles. The summed E-state index contributed by atoms with van der Waals surface area (Å²) in [6.45, 7) is 3.53. The summed E-state index contributed by atoms with van der Waals surface area (Å²) < 4.78 is 11.5.